The molecule has 0 unspecified atom stereocenters. The molecule has 19 heavy (non-hydrogen) atoms. The third kappa shape index (κ3) is 3.63. The summed E-state index contributed by atoms with van der Waals surface area (Å²) >= 11 is 0. The lowest BCUT2D eigenvalue weighted by Gasteiger charge is -2.24. The van der Waals surface area contributed by atoms with Crippen molar-refractivity contribution in [3.05, 3.63) is 23.8 Å². The summed E-state index contributed by atoms with van der Waals surface area (Å²) in [5.41, 5.74) is 1.13. The highest BCUT2D eigenvalue weighted by Gasteiger charge is 2.24. The lowest BCUT2D eigenvalue weighted by molar-refractivity contribution is -0.127. The molecule has 4 heteroatoms. The van der Waals surface area contributed by atoms with Gasteiger partial charge in [0.05, 0.1) is 13.7 Å². The molecular weight excluding hydrogens is 242 g/mol. The highest BCUT2D eigenvalue weighted by molar-refractivity contribution is 5.79. The fourth-order valence-corrected chi connectivity index (χ4v) is 2.04. The second kappa shape index (κ2) is 6.45. The van der Waals surface area contributed by atoms with Crippen LogP contribution in [0.3, 0.4) is 0 Å². The molecule has 1 aromatic rings. The number of benzene rings is 1. The Morgan fingerprint density at radius 2 is 2.16 bits per heavy atom. The molecule has 0 spiro atoms. The van der Waals surface area contributed by atoms with Crippen LogP contribution in [0.1, 0.15) is 24.8 Å². The largest absolute Gasteiger partial charge is 0.493 e. The lowest BCUT2D eigenvalue weighted by Crippen LogP contribution is -2.36. The maximum Gasteiger partial charge on any atom is 0.223 e. The van der Waals surface area contributed by atoms with Crippen molar-refractivity contribution in [1.82, 2.24) is 5.32 Å². The van der Waals surface area contributed by atoms with E-state index in [1.165, 1.54) is 6.42 Å². The van der Waals surface area contributed by atoms with Crippen LogP contribution in [0.15, 0.2) is 18.2 Å². The summed E-state index contributed by atoms with van der Waals surface area (Å²) in [4.78, 5) is 11.6. The van der Waals surface area contributed by atoms with Gasteiger partial charge in [-0.1, -0.05) is 12.5 Å². The molecule has 1 saturated carbocycles. The van der Waals surface area contributed by atoms with Gasteiger partial charge in [-0.05, 0) is 37.5 Å². The van der Waals surface area contributed by atoms with Crippen molar-refractivity contribution in [3.63, 3.8) is 0 Å². The molecule has 0 heterocycles. The van der Waals surface area contributed by atoms with Crippen molar-refractivity contribution in [2.75, 3.05) is 20.3 Å². The average molecular weight is 263 g/mol. The standard InChI is InChI=1S/C15H21NO3/c1-11-6-7-13(14(10-11)18-2)19-9-8-16-15(17)12-4-3-5-12/h6-7,10,12H,3-5,8-9H2,1-2H3,(H,16,17). The number of hydrogen-bond acceptors (Lipinski definition) is 3. The molecular formula is C15H21NO3. The highest BCUT2D eigenvalue weighted by atomic mass is 16.5. The highest BCUT2D eigenvalue weighted by Crippen LogP contribution is 2.28. The number of hydrogen-bond donors (Lipinski definition) is 1. The Hall–Kier alpha value is -1.71. The number of carbonyl (C=O) groups is 1. The van der Waals surface area contributed by atoms with Crippen LogP contribution in [0, 0.1) is 12.8 Å². The Kier molecular flexibility index (Phi) is 4.66. The van der Waals surface area contributed by atoms with Gasteiger partial charge in [0.1, 0.15) is 6.61 Å². The molecule has 0 bridgehead atoms. The van der Waals surface area contributed by atoms with Crippen LogP contribution in [0.2, 0.25) is 0 Å². The summed E-state index contributed by atoms with van der Waals surface area (Å²) in [5, 5.41) is 2.90. The van der Waals surface area contributed by atoms with E-state index in [1.54, 1.807) is 7.11 Å². The van der Waals surface area contributed by atoms with Crippen LogP contribution in [0.5, 0.6) is 11.5 Å². The van der Waals surface area contributed by atoms with E-state index in [-0.39, 0.29) is 11.8 Å². The zero-order valence-electron chi connectivity index (χ0n) is 11.6. The van der Waals surface area contributed by atoms with Gasteiger partial charge in [0, 0.05) is 5.92 Å². The Morgan fingerprint density at radius 1 is 1.37 bits per heavy atom. The van der Waals surface area contributed by atoms with Gasteiger partial charge in [-0.15, -0.1) is 0 Å². The minimum atomic E-state index is 0.158. The van der Waals surface area contributed by atoms with Crippen molar-refractivity contribution in [3.8, 4) is 11.5 Å². The van der Waals surface area contributed by atoms with Crippen LogP contribution >= 0.6 is 0 Å². The topological polar surface area (TPSA) is 47.6 Å². The molecule has 1 fully saturated rings. The van der Waals surface area contributed by atoms with Crippen molar-refractivity contribution >= 4 is 5.91 Å². The molecule has 0 aliphatic heterocycles. The number of carbonyl (C=O) groups excluding carboxylic acids is 1. The summed E-state index contributed by atoms with van der Waals surface area (Å²) in [7, 11) is 1.63. The first kappa shape index (κ1) is 13.7. The average Bonchev–Trinajstić information content (AvgIpc) is 2.33. The molecule has 0 aromatic heterocycles. The Balaban J connectivity index is 1.74. The first-order chi connectivity index (χ1) is 9.20. The van der Waals surface area contributed by atoms with E-state index in [0.29, 0.717) is 18.9 Å². The van der Waals surface area contributed by atoms with Gasteiger partial charge < -0.3 is 14.8 Å². The predicted octanol–water partition coefficient (Wildman–Crippen LogP) is 2.30. The number of rotatable bonds is 6. The third-order valence-electron chi connectivity index (χ3n) is 3.45. The van der Waals surface area contributed by atoms with E-state index in [0.717, 1.165) is 24.2 Å². The minimum Gasteiger partial charge on any atom is -0.493 e. The monoisotopic (exact) mass is 263 g/mol. The van der Waals surface area contributed by atoms with Gasteiger partial charge in [0.15, 0.2) is 11.5 Å². The third-order valence-corrected chi connectivity index (χ3v) is 3.45. The van der Waals surface area contributed by atoms with Gasteiger partial charge in [-0.25, -0.2) is 0 Å². The zero-order chi connectivity index (χ0) is 13.7. The lowest BCUT2D eigenvalue weighted by atomic mass is 9.85. The van der Waals surface area contributed by atoms with E-state index in [4.69, 9.17) is 9.47 Å². The van der Waals surface area contributed by atoms with Crippen molar-refractivity contribution in [1.29, 1.82) is 0 Å². The van der Waals surface area contributed by atoms with Crippen LogP contribution in [0.4, 0.5) is 0 Å². The van der Waals surface area contributed by atoms with E-state index < -0.39 is 0 Å². The quantitative estimate of drug-likeness (QED) is 0.801. The van der Waals surface area contributed by atoms with Crippen LogP contribution in [-0.4, -0.2) is 26.2 Å². The first-order valence-electron chi connectivity index (χ1n) is 6.76. The molecule has 1 N–H and O–H groups in total. The maximum atomic E-state index is 11.6. The fraction of sp³-hybridized carbons (Fsp3) is 0.533. The van der Waals surface area contributed by atoms with Gasteiger partial charge >= 0.3 is 0 Å². The smallest absolute Gasteiger partial charge is 0.223 e. The molecule has 2 rings (SSSR count). The Morgan fingerprint density at radius 3 is 2.79 bits per heavy atom. The van der Waals surface area contributed by atoms with Crippen molar-refractivity contribution in [2.45, 2.75) is 26.2 Å². The molecule has 1 aliphatic carbocycles. The Bertz CT molecular complexity index is 441. The second-order valence-electron chi connectivity index (χ2n) is 4.92. The SMILES string of the molecule is COc1cc(C)ccc1OCCNC(=O)C1CCC1. The van der Waals surface area contributed by atoms with Gasteiger partial charge in [-0.2, -0.15) is 0 Å². The van der Waals surface area contributed by atoms with Gasteiger partial charge in [0.2, 0.25) is 5.91 Å². The maximum absolute atomic E-state index is 11.6. The summed E-state index contributed by atoms with van der Waals surface area (Å²) in [6.45, 7) is 3.00. The van der Waals surface area contributed by atoms with Crippen molar-refractivity contribution in [2.24, 2.45) is 5.92 Å². The molecule has 4 nitrogen and oxygen atoms in total. The number of methoxy groups -OCH3 is 1. The number of aryl methyl sites for hydroxylation is 1. The number of nitrogens with one attached hydrogen (secondary N) is 1. The molecule has 0 radical (unpaired) electrons. The van der Waals surface area contributed by atoms with E-state index in [1.807, 2.05) is 25.1 Å². The van der Waals surface area contributed by atoms with Crippen LogP contribution in [0.25, 0.3) is 0 Å². The first-order valence-corrected chi connectivity index (χ1v) is 6.76. The second-order valence-corrected chi connectivity index (χ2v) is 4.92. The van der Waals surface area contributed by atoms with Gasteiger partial charge in [-0.3, -0.25) is 4.79 Å². The molecule has 0 saturated heterocycles. The Labute approximate surface area is 114 Å². The summed E-state index contributed by atoms with van der Waals surface area (Å²) in [6.07, 6.45) is 3.23. The van der Waals surface area contributed by atoms with E-state index in [9.17, 15) is 4.79 Å². The zero-order valence-corrected chi connectivity index (χ0v) is 11.6. The van der Waals surface area contributed by atoms with Crippen molar-refractivity contribution < 1.29 is 14.3 Å². The molecule has 0 atom stereocenters. The minimum absolute atomic E-state index is 0.158. The normalized spacial score (nSPS) is 14.6. The molecule has 1 aromatic carbocycles. The summed E-state index contributed by atoms with van der Waals surface area (Å²) in [5.74, 6) is 1.83. The summed E-state index contributed by atoms with van der Waals surface area (Å²) < 4.78 is 10.9. The predicted molar refractivity (Wildman–Crippen MR) is 73.6 cm³/mol. The molecule has 1 aliphatic rings. The van der Waals surface area contributed by atoms with Gasteiger partial charge in [0.25, 0.3) is 0 Å². The van der Waals surface area contributed by atoms with Crippen LogP contribution < -0.4 is 14.8 Å². The summed E-state index contributed by atoms with van der Waals surface area (Å²) in [6, 6.07) is 5.80. The number of ether oxygens (including phenoxy) is 2. The fourth-order valence-electron chi connectivity index (χ4n) is 2.04. The molecule has 1 amide bonds. The van der Waals surface area contributed by atoms with E-state index >= 15 is 0 Å². The van der Waals surface area contributed by atoms with E-state index in [2.05, 4.69) is 5.32 Å². The van der Waals surface area contributed by atoms with Crippen LogP contribution in [-0.2, 0) is 4.79 Å². The molecule has 104 valence electrons. The number of amides is 1.